The van der Waals surface area contributed by atoms with E-state index >= 15 is 0 Å². The lowest BCUT2D eigenvalue weighted by molar-refractivity contribution is -0.118. The SMILES string of the molecule is CCCCCc1cc(O)c(C/C=C(\C)CCC=C(C)C)c(O)c1SNC(=O)Cc1nccs1. The number of amides is 1. The van der Waals surface area contributed by atoms with Crippen LogP contribution in [0.4, 0.5) is 0 Å². The summed E-state index contributed by atoms with van der Waals surface area (Å²) in [5.41, 5.74) is 3.86. The number of aryl methyl sites for hydroxylation is 1. The molecule has 0 saturated heterocycles. The third-order valence-electron chi connectivity index (χ3n) is 5.27. The van der Waals surface area contributed by atoms with Crippen molar-refractivity contribution >= 4 is 29.2 Å². The maximum absolute atomic E-state index is 12.4. The molecule has 0 saturated carbocycles. The van der Waals surface area contributed by atoms with Crippen LogP contribution in [0.1, 0.15) is 75.9 Å². The molecular weight excluding hydrogens is 452 g/mol. The average molecular weight is 489 g/mol. The summed E-state index contributed by atoms with van der Waals surface area (Å²) in [7, 11) is 0. The largest absolute Gasteiger partial charge is 0.508 e. The third kappa shape index (κ3) is 9.26. The summed E-state index contributed by atoms with van der Waals surface area (Å²) in [5.74, 6) is -0.0151. The first-order valence-electron chi connectivity index (χ1n) is 11.5. The lowest BCUT2D eigenvalue weighted by atomic mass is 10.00. The molecule has 7 heteroatoms. The van der Waals surface area contributed by atoms with Gasteiger partial charge in [-0.15, -0.1) is 11.3 Å². The van der Waals surface area contributed by atoms with Gasteiger partial charge in [-0.25, -0.2) is 4.98 Å². The summed E-state index contributed by atoms with van der Waals surface area (Å²) in [4.78, 5) is 17.1. The Morgan fingerprint density at radius 3 is 2.67 bits per heavy atom. The highest BCUT2D eigenvalue weighted by molar-refractivity contribution is 7.98. The zero-order valence-electron chi connectivity index (χ0n) is 20.1. The number of nitrogens with one attached hydrogen (secondary N) is 1. The van der Waals surface area contributed by atoms with Crippen molar-refractivity contribution in [2.45, 2.75) is 84.0 Å². The van der Waals surface area contributed by atoms with Gasteiger partial charge in [0.05, 0.1) is 11.3 Å². The van der Waals surface area contributed by atoms with Crippen molar-refractivity contribution in [2.24, 2.45) is 0 Å². The van der Waals surface area contributed by atoms with E-state index in [1.165, 1.54) is 22.5 Å². The minimum Gasteiger partial charge on any atom is -0.508 e. The van der Waals surface area contributed by atoms with Crippen molar-refractivity contribution in [3.05, 3.63) is 57.1 Å². The molecule has 0 atom stereocenters. The number of thiazole rings is 1. The maximum Gasteiger partial charge on any atom is 0.236 e. The van der Waals surface area contributed by atoms with Gasteiger partial charge in [-0.1, -0.05) is 43.1 Å². The first-order valence-corrected chi connectivity index (χ1v) is 13.2. The number of hydrogen-bond donors (Lipinski definition) is 3. The van der Waals surface area contributed by atoms with E-state index in [1.54, 1.807) is 12.3 Å². The molecule has 0 spiro atoms. The molecular formula is C26H36N2O3S2. The molecule has 0 bridgehead atoms. The molecule has 0 aliphatic heterocycles. The van der Waals surface area contributed by atoms with Crippen LogP contribution in [0.25, 0.3) is 0 Å². The second kappa shape index (κ2) is 14.1. The van der Waals surface area contributed by atoms with E-state index in [2.05, 4.69) is 49.6 Å². The zero-order valence-corrected chi connectivity index (χ0v) is 21.7. The third-order valence-corrected chi connectivity index (χ3v) is 7.04. The summed E-state index contributed by atoms with van der Waals surface area (Å²) in [5, 5.41) is 24.3. The van der Waals surface area contributed by atoms with Crippen molar-refractivity contribution in [1.82, 2.24) is 9.71 Å². The number of carbonyl (C=O) groups is 1. The number of rotatable bonds is 13. The molecule has 1 amide bonds. The molecule has 0 radical (unpaired) electrons. The molecule has 3 N–H and O–H groups in total. The monoisotopic (exact) mass is 488 g/mol. The predicted molar refractivity (Wildman–Crippen MR) is 139 cm³/mol. The number of benzene rings is 1. The summed E-state index contributed by atoms with van der Waals surface area (Å²) < 4.78 is 2.84. The Morgan fingerprint density at radius 1 is 1.21 bits per heavy atom. The minimum absolute atomic E-state index is 0.0504. The van der Waals surface area contributed by atoms with Crippen LogP contribution in [0.2, 0.25) is 0 Å². The van der Waals surface area contributed by atoms with Gasteiger partial charge in [-0.3, -0.25) is 9.52 Å². The van der Waals surface area contributed by atoms with E-state index in [0.29, 0.717) is 16.9 Å². The molecule has 180 valence electrons. The smallest absolute Gasteiger partial charge is 0.236 e. The van der Waals surface area contributed by atoms with Crippen LogP contribution in [0.5, 0.6) is 11.5 Å². The van der Waals surface area contributed by atoms with Crippen molar-refractivity contribution in [3.63, 3.8) is 0 Å². The molecule has 0 aliphatic rings. The molecule has 1 heterocycles. The molecule has 0 fully saturated rings. The van der Waals surface area contributed by atoms with E-state index in [0.717, 1.165) is 61.0 Å². The fourth-order valence-electron chi connectivity index (χ4n) is 3.38. The molecule has 2 aromatic rings. The number of unbranched alkanes of at least 4 members (excludes halogenated alkanes) is 2. The van der Waals surface area contributed by atoms with Crippen molar-refractivity contribution in [3.8, 4) is 11.5 Å². The fourth-order valence-corrected chi connectivity index (χ4v) is 4.80. The molecule has 5 nitrogen and oxygen atoms in total. The van der Waals surface area contributed by atoms with Crippen LogP contribution in [0, 0.1) is 0 Å². The van der Waals surface area contributed by atoms with Crippen LogP contribution in [0.15, 0.2) is 45.8 Å². The van der Waals surface area contributed by atoms with Gasteiger partial charge >= 0.3 is 0 Å². The number of nitrogens with zero attached hydrogens (tertiary/aromatic N) is 1. The number of hydrogen-bond acceptors (Lipinski definition) is 6. The number of allylic oxidation sites excluding steroid dienone is 4. The number of aromatic hydroxyl groups is 2. The first-order chi connectivity index (χ1) is 15.8. The molecule has 1 aromatic carbocycles. The summed E-state index contributed by atoms with van der Waals surface area (Å²) in [6.07, 6.45) is 12.3. The van der Waals surface area contributed by atoms with Crippen LogP contribution in [0.3, 0.4) is 0 Å². The van der Waals surface area contributed by atoms with Gasteiger partial charge in [-0.2, -0.15) is 0 Å². The van der Waals surface area contributed by atoms with Crippen molar-refractivity contribution < 1.29 is 15.0 Å². The summed E-state index contributed by atoms with van der Waals surface area (Å²) >= 11 is 2.56. The van der Waals surface area contributed by atoms with Crippen LogP contribution in [-0.2, 0) is 24.1 Å². The highest BCUT2D eigenvalue weighted by Gasteiger charge is 2.19. The van der Waals surface area contributed by atoms with Gasteiger partial charge < -0.3 is 10.2 Å². The van der Waals surface area contributed by atoms with E-state index in [9.17, 15) is 15.0 Å². The number of phenols is 2. The molecule has 1 aromatic heterocycles. The van der Waals surface area contributed by atoms with Gasteiger partial charge in [0, 0.05) is 17.1 Å². The highest BCUT2D eigenvalue weighted by atomic mass is 32.2. The molecule has 33 heavy (non-hydrogen) atoms. The maximum atomic E-state index is 12.4. The number of aromatic nitrogens is 1. The van der Waals surface area contributed by atoms with Crippen LogP contribution in [-0.4, -0.2) is 21.1 Å². The Bertz CT molecular complexity index is 962. The quantitative estimate of drug-likeness (QED) is 0.162. The Hall–Kier alpha value is -2.25. The number of phenolic OH excluding ortho intramolecular Hbond substituents is 2. The van der Waals surface area contributed by atoms with Gasteiger partial charge in [0.1, 0.15) is 16.5 Å². The molecule has 0 aliphatic carbocycles. The van der Waals surface area contributed by atoms with E-state index in [1.807, 2.05) is 5.38 Å². The van der Waals surface area contributed by atoms with Gasteiger partial charge in [-0.05, 0) is 76.5 Å². The molecule has 2 rings (SSSR count). The predicted octanol–water partition coefficient (Wildman–Crippen LogP) is 6.89. The standard InChI is InChI=1S/C26H36N2O3S2/c1-5-6-7-11-20-16-22(29)21(13-12-19(4)10-8-9-18(2)3)25(31)26(20)33-28-23(30)17-24-27-14-15-32-24/h9,12,14-16,29,31H,5-8,10-11,13,17H2,1-4H3,(H,28,30)/b19-12+. The van der Waals surface area contributed by atoms with E-state index in [4.69, 9.17) is 0 Å². The lowest BCUT2D eigenvalue weighted by Crippen LogP contribution is -2.18. The summed E-state index contributed by atoms with van der Waals surface area (Å²) in [6.45, 7) is 8.39. The summed E-state index contributed by atoms with van der Waals surface area (Å²) in [6, 6.07) is 1.74. The van der Waals surface area contributed by atoms with Gasteiger partial charge in [0.2, 0.25) is 5.91 Å². The Labute approximate surface area is 206 Å². The van der Waals surface area contributed by atoms with Gasteiger partial charge in [0.25, 0.3) is 0 Å². The second-order valence-electron chi connectivity index (χ2n) is 8.47. The van der Waals surface area contributed by atoms with Crippen LogP contribution < -0.4 is 4.72 Å². The van der Waals surface area contributed by atoms with Crippen molar-refractivity contribution in [2.75, 3.05) is 0 Å². The molecule has 0 unspecified atom stereocenters. The Balaban J connectivity index is 2.19. The highest BCUT2D eigenvalue weighted by Crippen LogP contribution is 2.40. The van der Waals surface area contributed by atoms with E-state index in [-0.39, 0.29) is 23.8 Å². The fraction of sp³-hybridized carbons (Fsp3) is 0.462. The Morgan fingerprint density at radius 2 is 2.00 bits per heavy atom. The lowest BCUT2D eigenvalue weighted by Gasteiger charge is -2.16. The first kappa shape index (κ1) is 27.0. The van der Waals surface area contributed by atoms with Crippen molar-refractivity contribution in [1.29, 1.82) is 0 Å². The minimum atomic E-state index is -0.168. The topological polar surface area (TPSA) is 82.5 Å². The van der Waals surface area contributed by atoms with Gasteiger partial charge in [0.15, 0.2) is 0 Å². The number of carbonyl (C=O) groups excluding carboxylic acids is 1. The second-order valence-corrected chi connectivity index (χ2v) is 10.3. The normalized spacial score (nSPS) is 11.5. The zero-order chi connectivity index (χ0) is 24.2. The average Bonchev–Trinajstić information content (AvgIpc) is 3.26. The Kier molecular flexibility index (Phi) is 11.5. The van der Waals surface area contributed by atoms with E-state index < -0.39 is 0 Å². The van der Waals surface area contributed by atoms with Crippen LogP contribution >= 0.6 is 23.3 Å².